The van der Waals surface area contributed by atoms with Gasteiger partial charge >= 0.3 is 6.18 Å². The number of aliphatic hydroxyl groups is 1. The van der Waals surface area contributed by atoms with Crippen molar-refractivity contribution in [3.8, 4) is 0 Å². The molecule has 1 N–H and O–H groups in total. The lowest BCUT2D eigenvalue weighted by Gasteiger charge is -2.18. The molecule has 0 aliphatic carbocycles. The summed E-state index contributed by atoms with van der Waals surface area (Å²) in [6.45, 7) is 0.604. The van der Waals surface area contributed by atoms with Gasteiger partial charge in [-0.05, 0) is 18.1 Å². The van der Waals surface area contributed by atoms with Crippen LogP contribution in [0, 0.1) is 5.92 Å². The summed E-state index contributed by atoms with van der Waals surface area (Å²) in [5.41, 5.74) is -0.453. The number of nitrogens with zero attached hydrogens (tertiary/aromatic N) is 1. The van der Waals surface area contributed by atoms with Crippen LogP contribution in [0.3, 0.4) is 0 Å². The van der Waals surface area contributed by atoms with Crippen LogP contribution >= 0.6 is 0 Å². The molecule has 1 unspecified atom stereocenters. The summed E-state index contributed by atoms with van der Waals surface area (Å²) in [5.74, 6) is -0.200. The first kappa shape index (κ1) is 14.8. The minimum atomic E-state index is -4.38. The molecule has 1 fully saturated rings. The van der Waals surface area contributed by atoms with Crippen molar-refractivity contribution in [3.05, 3.63) is 35.4 Å². The van der Waals surface area contributed by atoms with Crippen LogP contribution < -0.4 is 0 Å². The summed E-state index contributed by atoms with van der Waals surface area (Å²) in [6.07, 6.45) is -3.93. The SMILES string of the molecule is O=C1CC(CO)CN1CCc1ccccc1C(F)(F)F. The molecule has 0 aromatic heterocycles. The molecule has 1 aliphatic rings. The third-order valence-corrected chi connectivity index (χ3v) is 3.53. The van der Waals surface area contributed by atoms with E-state index in [2.05, 4.69) is 0 Å². The van der Waals surface area contributed by atoms with Gasteiger partial charge in [0.1, 0.15) is 0 Å². The monoisotopic (exact) mass is 287 g/mol. The zero-order chi connectivity index (χ0) is 14.8. The molecule has 6 heteroatoms. The smallest absolute Gasteiger partial charge is 0.396 e. The van der Waals surface area contributed by atoms with Crippen molar-refractivity contribution < 1.29 is 23.1 Å². The molecular formula is C14H16F3NO2. The number of rotatable bonds is 4. The zero-order valence-electron chi connectivity index (χ0n) is 10.9. The Kier molecular flexibility index (Phi) is 4.32. The van der Waals surface area contributed by atoms with Gasteiger partial charge in [-0.2, -0.15) is 13.2 Å². The van der Waals surface area contributed by atoms with E-state index >= 15 is 0 Å². The first-order valence-electron chi connectivity index (χ1n) is 6.45. The van der Waals surface area contributed by atoms with Gasteiger partial charge in [0, 0.05) is 32.0 Å². The second-order valence-corrected chi connectivity index (χ2v) is 5.00. The Bertz CT molecular complexity index is 488. The molecule has 1 saturated heterocycles. The normalized spacial score (nSPS) is 19.7. The van der Waals surface area contributed by atoms with Crippen molar-refractivity contribution in [2.24, 2.45) is 5.92 Å². The van der Waals surface area contributed by atoms with Gasteiger partial charge < -0.3 is 10.0 Å². The molecule has 1 heterocycles. The van der Waals surface area contributed by atoms with E-state index in [1.54, 1.807) is 6.07 Å². The van der Waals surface area contributed by atoms with Crippen molar-refractivity contribution in [1.82, 2.24) is 4.90 Å². The number of hydrogen-bond donors (Lipinski definition) is 1. The van der Waals surface area contributed by atoms with E-state index in [0.29, 0.717) is 6.54 Å². The quantitative estimate of drug-likeness (QED) is 0.921. The van der Waals surface area contributed by atoms with Crippen LogP contribution in [0.1, 0.15) is 17.5 Å². The number of halogens is 3. The van der Waals surface area contributed by atoms with E-state index < -0.39 is 11.7 Å². The maximum Gasteiger partial charge on any atom is 0.416 e. The number of benzene rings is 1. The highest BCUT2D eigenvalue weighted by Crippen LogP contribution is 2.32. The lowest BCUT2D eigenvalue weighted by atomic mass is 10.0. The lowest BCUT2D eigenvalue weighted by molar-refractivity contribution is -0.138. The van der Waals surface area contributed by atoms with Gasteiger partial charge in [-0.15, -0.1) is 0 Å². The Hall–Kier alpha value is -1.56. The molecule has 3 nitrogen and oxygen atoms in total. The highest BCUT2D eigenvalue weighted by molar-refractivity contribution is 5.78. The number of aliphatic hydroxyl groups excluding tert-OH is 1. The minimum absolute atomic E-state index is 0.0681. The first-order chi connectivity index (χ1) is 9.41. The molecule has 1 atom stereocenters. The largest absolute Gasteiger partial charge is 0.416 e. The van der Waals surface area contributed by atoms with Gasteiger partial charge in [-0.25, -0.2) is 0 Å². The van der Waals surface area contributed by atoms with E-state index in [9.17, 15) is 18.0 Å². The van der Waals surface area contributed by atoms with Crippen LogP contribution in [-0.2, 0) is 17.4 Å². The highest BCUT2D eigenvalue weighted by atomic mass is 19.4. The predicted octanol–water partition coefficient (Wildman–Crippen LogP) is 2.09. The summed E-state index contributed by atoms with van der Waals surface area (Å²) in [4.78, 5) is 13.2. The third kappa shape index (κ3) is 3.30. The fraction of sp³-hybridized carbons (Fsp3) is 0.500. The van der Waals surface area contributed by atoms with Gasteiger partial charge in [0.05, 0.1) is 5.56 Å². The summed E-state index contributed by atoms with van der Waals surface area (Å²) < 4.78 is 38.5. The van der Waals surface area contributed by atoms with Crippen LogP contribution in [0.4, 0.5) is 13.2 Å². The first-order valence-corrected chi connectivity index (χ1v) is 6.45. The fourth-order valence-electron chi connectivity index (χ4n) is 2.46. The van der Waals surface area contributed by atoms with Crippen molar-refractivity contribution in [2.45, 2.75) is 19.0 Å². The van der Waals surface area contributed by atoms with Crippen LogP contribution in [0.25, 0.3) is 0 Å². The molecule has 110 valence electrons. The van der Waals surface area contributed by atoms with Crippen molar-refractivity contribution >= 4 is 5.91 Å². The van der Waals surface area contributed by atoms with Gasteiger partial charge in [0.25, 0.3) is 0 Å². The van der Waals surface area contributed by atoms with E-state index in [0.717, 1.165) is 6.07 Å². The fourth-order valence-corrected chi connectivity index (χ4v) is 2.46. The number of likely N-dealkylation sites (tertiary alicyclic amines) is 1. The average Bonchev–Trinajstić information content (AvgIpc) is 2.76. The number of amides is 1. The minimum Gasteiger partial charge on any atom is -0.396 e. The topological polar surface area (TPSA) is 40.5 Å². The highest BCUT2D eigenvalue weighted by Gasteiger charge is 2.33. The molecule has 0 radical (unpaired) electrons. The van der Waals surface area contributed by atoms with E-state index in [1.807, 2.05) is 0 Å². The summed E-state index contributed by atoms with van der Waals surface area (Å²) in [5, 5.41) is 9.01. The molecule has 0 bridgehead atoms. The van der Waals surface area contributed by atoms with Crippen molar-refractivity contribution in [2.75, 3.05) is 19.7 Å². The van der Waals surface area contributed by atoms with E-state index in [-0.39, 0.29) is 43.4 Å². The molecule has 20 heavy (non-hydrogen) atoms. The van der Waals surface area contributed by atoms with E-state index in [1.165, 1.54) is 17.0 Å². The number of carbonyl (C=O) groups is 1. The summed E-state index contributed by atoms with van der Waals surface area (Å²) in [6, 6.07) is 5.41. The molecule has 0 spiro atoms. The lowest BCUT2D eigenvalue weighted by Crippen LogP contribution is -2.28. The molecule has 1 aromatic carbocycles. The second-order valence-electron chi connectivity index (χ2n) is 5.00. The van der Waals surface area contributed by atoms with Gasteiger partial charge in [-0.3, -0.25) is 4.79 Å². The number of carbonyl (C=O) groups excluding carboxylic acids is 1. The Morgan fingerprint density at radius 2 is 2.00 bits per heavy atom. The van der Waals surface area contributed by atoms with Crippen LogP contribution in [0.15, 0.2) is 24.3 Å². The Balaban J connectivity index is 2.03. The Morgan fingerprint density at radius 3 is 2.60 bits per heavy atom. The Morgan fingerprint density at radius 1 is 1.30 bits per heavy atom. The Labute approximate surface area is 115 Å². The van der Waals surface area contributed by atoms with Crippen LogP contribution in [-0.4, -0.2) is 35.6 Å². The standard InChI is InChI=1S/C14H16F3NO2/c15-14(16,17)12-4-2-1-3-11(12)5-6-18-8-10(9-19)7-13(18)20/h1-4,10,19H,5-9H2. The molecular weight excluding hydrogens is 271 g/mol. The van der Waals surface area contributed by atoms with E-state index in [4.69, 9.17) is 5.11 Å². The van der Waals surface area contributed by atoms with Crippen LogP contribution in [0.5, 0.6) is 0 Å². The predicted molar refractivity (Wildman–Crippen MR) is 66.9 cm³/mol. The second kappa shape index (κ2) is 5.83. The average molecular weight is 287 g/mol. The number of hydrogen-bond acceptors (Lipinski definition) is 2. The maximum atomic E-state index is 12.8. The number of alkyl halides is 3. The molecule has 0 saturated carbocycles. The zero-order valence-corrected chi connectivity index (χ0v) is 10.9. The summed E-state index contributed by atoms with van der Waals surface area (Å²) in [7, 11) is 0. The van der Waals surface area contributed by atoms with Crippen molar-refractivity contribution in [3.63, 3.8) is 0 Å². The van der Waals surface area contributed by atoms with Crippen molar-refractivity contribution in [1.29, 1.82) is 0 Å². The molecule has 1 aliphatic heterocycles. The molecule has 2 rings (SSSR count). The third-order valence-electron chi connectivity index (χ3n) is 3.53. The molecule has 1 amide bonds. The van der Waals surface area contributed by atoms with Crippen LogP contribution in [0.2, 0.25) is 0 Å². The van der Waals surface area contributed by atoms with Gasteiger partial charge in [0.2, 0.25) is 5.91 Å². The van der Waals surface area contributed by atoms with Gasteiger partial charge in [-0.1, -0.05) is 18.2 Å². The van der Waals surface area contributed by atoms with Gasteiger partial charge in [0.15, 0.2) is 0 Å². The molecule has 1 aromatic rings. The maximum absolute atomic E-state index is 12.8. The summed E-state index contributed by atoms with van der Waals surface area (Å²) >= 11 is 0.